The molecule has 0 radical (unpaired) electrons. The van der Waals surface area contributed by atoms with E-state index in [1.165, 1.54) is 56.6 Å². The predicted molar refractivity (Wildman–Crippen MR) is 168 cm³/mol. The lowest BCUT2D eigenvalue weighted by Crippen LogP contribution is -2.29. The summed E-state index contributed by atoms with van der Waals surface area (Å²) in [5, 5.41) is 2.44. The second-order valence-electron chi connectivity index (χ2n) is 11.7. The lowest BCUT2D eigenvalue weighted by molar-refractivity contribution is -0.131. The van der Waals surface area contributed by atoms with Gasteiger partial charge in [0.15, 0.2) is 0 Å². The normalized spacial score (nSPS) is 15.5. The fourth-order valence-corrected chi connectivity index (χ4v) is 7.02. The number of benzene rings is 5. The maximum Gasteiger partial charge on any atom is 0.308 e. The summed E-state index contributed by atoms with van der Waals surface area (Å²) in [6.45, 7) is 14.2. The molecule has 0 fully saturated rings. The molecule has 0 spiro atoms. The fraction of sp³-hybridized carbons (Fsp3) is 0.237. The standard InChI is InChI=1S/C38H36O3/c1-21-17-32-33-19-28-11-9-10-12-29(28)20-35(33)38(34(32)18-22(21)2,30-13-23(3)36(40-8)24(4)14-30)31-15-25(5)37(26(6)16-31)41-27(7)39/h9-20H,1-8H3. The van der Waals surface area contributed by atoms with Gasteiger partial charge in [-0.3, -0.25) is 4.79 Å². The number of carbonyl (C=O) groups is 1. The number of rotatable bonds is 4. The molecule has 5 aromatic carbocycles. The summed E-state index contributed by atoms with van der Waals surface area (Å²) in [6.07, 6.45) is 0. The largest absolute Gasteiger partial charge is 0.496 e. The van der Waals surface area contributed by atoms with Crippen LogP contribution in [0.25, 0.3) is 21.9 Å². The van der Waals surface area contributed by atoms with E-state index in [1.54, 1.807) is 7.11 Å². The molecular formula is C38H36O3. The molecule has 3 heteroatoms. The molecule has 0 aliphatic heterocycles. The third kappa shape index (κ3) is 3.98. The summed E-state index contributed by atoms with van der Waals surface area (Å²) >= 11 is 0. The molecule has 206 valence electrons. The Morgan fingerprint density at radius 3 is 1.59 bits per heavy atom. The first-order chi connectivity index (χ1) is 19.6. The topological polar surface area (TPSA) is 35.5 Å². The number of methoxy groups -OCH3 is 1. The van der Waals surface area contributed by atoms with Gasteiger partial charge in [-0.05, 0) is 131 Å². The van der Waals surface area contributed by atoms with Crippen LogP contribution in [-0.2, 0) is 10.2 Å². The van der Waals surface area contributed by atoms with Crippen molar-refractivity contribution in [1.29, 1.82) is 0 Å². The Hall–Kier alpha value is -4.37. The molecule has 3 nitrogen and oxygen atoms in total. The Balaban J connectivity index is 1.82. The van der Waals surface area contributed by atoms with Gasteiger partial charge in [-0.1, -0.05) is 60.7 Å². The highest BCUT2D eigenvalue weighted by Crippen LogP contribution is 2.58. The lowest BCUT2D eigenvalue weighted by Gasteiger charge is -2.36. The van der Waals surface area contributed by atoms with Gasteiger partial charge >= 0.3 is 5.97 Å². The molecule has 0 bridgehead atoms. The van der Waals surface area contributed by atoms with Crippen molar-refractivity contribution >= 4 is 16.7 Å². The van der Waals surface area contributed by atoms with Crippen LogP contribution in [0.5, 0.6) is 11.5 Å². The first-order valence-electron chi connectivity index (χ1n) is 14.2. The zero-order valence-corrected chi connectivity index (χ0v) is 25.2. The third-order valence-electron chi connectivity index (χ3n) is 8.85. The van der Waals surface area contributed by atoms with E-state index in [1.807, 2.05) is 13.8 Å². The molecule has 1 atom stereocenters. The Morgan fingerprint density at radius 2 is 1.05 bits per heavy atom. The molecule has 5 aromatic rings. The van der Waals surface area contributed by atoms with Crippen molar-refractivity contribution in [2.24, 2.45) is 0 Å². The summed E-state index contributed by atoms with van der Waals surface area (Å²) in [4.78, 5) is 12.0. The number of hydrogen-bond donors (Lipinski definition) is 0. The molecule has 0 amide bonds. The van der Waals surface area contributed by atoms with E-state index in [9.17, 15) is 4.79 Å². The minimum Gasteiger partial charge on any atom is -0.496 e. The van der Waals surface area contributed by atoms with Crippen LogP contribution in [-0.4, -0.2) is 13.1 Å². The van der Waals surface area contributed by atoms with Gasteiger partial charge in [0.1, 0.15) is 11.5 Å². The van der Waals surface area contributed by atoms with Crippen LogP contribution in [0.15, 0.2) is 72.8 Å². The summed E-state index contributed by atoms with van der Waals surface area (Å²) in [7, 11) is 1.74. The van der Waals surface area contributed by atoms with Crippen molar-refractivity contribution in [2.75, 3.05) is 7.11 Å². The molecule has 1 aliphatic rings. The zero-order valence-electron chi connectivity index (χ0n) is 25.2. The van der Waals surface area contributed by atoms with Gasteiger partial charge < -0.3 is 9.47 Å². The minimum absolute atomic E-state index is 0.311. The molecule has 41 heavy (non-hydrogen) atoms. The van der Waals surface area contributed by atoms with E-state index in [-0.39, 0.29) is 5.97 Å². The second-order valence-corrected chi connectivity index (χ2v) is 11.7. The zero-order chi connectivity index (χ0) is 29.2. The van der Waals surface area contributed by atoms with Gasteiger partial charge in [-0.2, -0.15) is 0 Å². The number of hydrogen-bond acceptors (Lipinski definition) is 3. The van der Waals surface area contributed by atoms with Crippen LogP contribution in [0.1, 0.15) is 62.6 Å². The van der Waals surface area contributed by atoms with Crippen molar-refractivity contribution in [1.82, 2.24) is 0 Å². The average molecular weight is 541 g/mol. The Labute approximate surface area is 242 Å². The van der Waals surface area contributed by atoms with Gasteiger partial charge in [0, 0.05) is 6.92 Å². The van der Waals surface area contributed by atoms with E-state index >= 15 is 0 Å². The predicted octanol–water partition coefficient (Wildman–Crippen LogP) is 8.99. The molecule has 0 heterocycles. The van der Waals surface area contributed by atoms with E-state index in [0.717, 1.165) is 33.6 Å². The Morgan fingerprint density at radius 1 is 0.585 bits per heavy atom. The maximum absolute atomic E-state index is 12.0. The Kier molecular flexibility index (Phi) is 6.30. The van der Waals surface area contributed by atoms with Crippen molar-refractivity contribution in [3.05, 3.63) is 128 Å². The highest BCUT2D eigenvalue weighted by atomic mass is 16.5. The molecule has 0 N–H and O–H groups in total. The van der Waals surface area contributed by atoms with E-state index in [0.29, 0.717) is 5.75 Å². The lowest BCUT2D eigenvalue weighted by atomic mass is 9.66. The summed E-state index contributed by atoms with van der Waals surface area (Å²) in [5.74, 6) is 1.24. The Bertz CT molecular complexity index is 1850. The van der Waals surface area contributed by atoms with E-state index in [2.05, 4.69) is 100 Å². The van der Waals surface area contributed by atoms with Crippen molar-refractivity contribution in [3.63, 3.8) is 0 Å². The van der Waals surface area contributed by atoms with Gasteiger partial charge in [0.05, 0.1) is 12.5 Å². The first kappa shape index (κ1) is 26.8. The molecule has 0 aromatic heterocycles. The summed E-state index contributed by atoms with van der Waals surface area (Å²) < 4.78 is 11.5. The summed E-state index contributed by atoms with van der Waals surface area (Å²) in [5.41, 5.74) is 13.5. The van der Waals surface area contributed by atoms with Crippen LogP contribution in [0.4, 0.5) is 0 Å². The van der Waals surface area contributed by atoms with Crippen molar-refractivity contribution < 1.29 is 14.3 Å². The highest BCUT2D eigenvalue weighted by molar-refractivity contribution is 5.96. The number of aryl methyl sites for hydroxylation is 6. The van der Waals surface area contributed by atoms with Crippen LogP contribution >= 0.6 is 0 Å². The van der Waals surface area contributed by atoms with Crippen LogP contribution in [0.3, 0.4) is 0 Å². The number of ether oxygens (including phenoxy) is 2. The van der Waals surface area contributed by atoms with Gasteiger partial charge in [0.25, 0.3) is 0 Å². The molecule has 1 aliphatic carbocycles. The number of fused-ring (bicyclic) bond motifs is 4. The molecular weight excluding hydrogens is 504 g/mol. The highest BCUT2D eigenvalue weighted by Gasteiger charge is 2.47. The molecule has 0 saturated carbocycles. The van der Waals surface area contributed by atoms with E-state index < -0.39 is 5.41 Å². The second kappa shape index (κ2) is 9.62. The fourth-order valence-electron chi connectivity index (χ4n) is 7.02. The number of carbonyl (C=O) groups excluding carboxylic acids is 1. The number of esters is 1. The molecule has 1 unspecified atom stereocenters. The average Bonchev–Trinajstić information content (AvgIpc) is 3.18. The van der Waals surface area contributed by atoms with Crippen LogP contribution in [0, 0.1) is 41.5 Å². The maximum atomic E-state index is 12.0. The van der Waals surface area contributed by atoms with Gasteiger partial charge in [-0.15, -0.1) is 0 Å². The monoisotopic (exact) mass is 540 g/mol. The smallest absolute Gasteiger partial charge is 0.308 e. The van der Waals surface area contributed by atoms with Crippen LogP contribution < -0.4 is 9.47 Å². The first-order valence-corrected chi connectivity index (χ1v) is 14.2. The minimum atomic E-state index is -0.584. The van der Waals surface area contributed by atoms with E-state index in [4.69, 9.17) is 9.47 Å². The quantitative estimate of drug-likeness (QED) is 0.165. The van der Waals surface area contributed by atoms with Gasteiger partial charge in [-0.25, -0.2) is 0 Å². The van der Waals surface area contributed by atoms with Crippen LogP contribution in [0.2, 0.25) is 0 Å². The third-order valence-corrected chi connectivity index (χ3v) is 8.85. The van der Waals surface area contributed by atoms with Gasteiger partial charge in [0.2, 0.25) is 0 Å². The SMILES string of the molecule is COc1c(C)cc(C2(c3cc(C)c(OC(C)=O)c(C)c3)c3cc(C)c(C)cc3-c3cc4ccccc4cc32)cc1C. The molecule has 0 saturated heterocycles. The van der Waals surface area contributed by atoms with Crippen molar-refractivity contribution in [2.45, 2.75) is 53.9 Å². The van der Waals surface area contributed by atoms with Crippen molar-refractivity contribution in [3.8, 4) is 22.6 Å². The summed E-state index contributed by atoms with van der Waals surface area (Å²) in [6, 6.07) is 27.1. The molecule has 6 rings (SSSR count).